The van der Waals surface area contributed by atoms with E-state index in [0.717, 1.165) is 16.7 Å². The molecule has 0 N–H and O–H groups in total. The third-order valence-corrected chi connectivity index (χ3v) is 6.28. The number of hydrogen-bond acceptors (Lipinski definition) is 4. The highest BCUT2D eigenvalue weighted by Crippen LogP contribution is 2.40. The van der Waals surface area contributed by atoms with Crippen molar-refractivity contribution in [2.45, 2.75) is 39.5 Å². The van der Waals surface area contributed by atoms with E-state index in [4.69, 9.17) is 4.74 Å². The molecule has 6 nitrogen and oxygen atoms in total. The highest BCUT2D eigenvalue weighted by molar-refractivity contribution is 5.95. The van der Waals surface area contributed by atoms with E-state index in [1.807, 2.05) is 43.1 Å². The van der Waals surface area contributed by atoms with Gasteiger partial charge in [-0.05, 0) is 44.0 Å². The maximum Gasteiger partial charge on any atom is 0.274 e. The molecule has 32 heavy (non-hydrogen) atoms. The van der Waals surface area contributed by atoms with Gasteiger partial charge in [-0.2, -0.15) is 0 Å². The zero-order valence-corrected chi connectivity index (χ0v) is 18.2. The third-order valence-electron chi connectivity index (χ3n) is 6.28. The van der Waals surface area contributed by atoms with Crippen molar-refractivity contribution in [3.63, 3.8) is 0 Å². The smallest absolute Gasteiger partial charge is 0.274 e. The molecule has 1 aromatic heterocycles. The standard InChI is InChI=1S/C25H24FN3O3/c1-15(2)27-14-29(28-11-10-21(30)16(3)23(28)25(27)31)24-19-7-5-4-6-17(19)13-32-22-12-18(26)8-9-20(22)24/h4-12,15,24H,13-14H2,1-3H3. The minimum atomic E-state index is -0.369. The Balaban J connectivity index is 1.79. The highest BCUT2D eigenvalue weighted by atomic mass is 19.1. The Bertz CT molecular complexity index is 1280. The predicted octanol–water partition coefficient (Wildman–Crippen LogP) is 3.74. The van der Waals surface area contributed by atoms with Crippen molar-refractivity contribution in [1.82, 2.24) is 9.58 Å². The fourth-order valence-electron chi connectivity index (χ4n) is 4.56. The van der Waals surface area contributed by atoms with Gasteiger partial charge in [0.2, 0.25) is 0 Å². The molecule has 0 bridgehead atoms. The first-order chi connectivity index (χ1) is 15.4. The van der Waals surface area contributed by atoms with E-state index in [0.29, 0.717) is 30.3 Å². The van der Waals surface area contributed by atoms with Crippen molar-refractivity contribution in [1.29, 1.82) is 0 Å². The lowest BCUT2D eigenvalue weighted by molar-refractivity contribution is 0.0625. The minimum absolute atomic E-state index is 0.0709. The molecule has 1 amide bonds. The molecule has 2 aliphatic heterocycles. The van der Waals surface area contributed by atoms with E-state index in [1.54, 1.807) is 28.8 Å². The van der Waals surface area contributed by atoms with Gasteiger partial charge in [-0.15, -0.1) is 0 Å². The summed E-state index contributed by atoms with van der Waals surface area (Å²) in [5.41, 5.74) is 3.38. The summed E-state index contributed by atoms with van der Waals surface area (Å²) in [5.74, 6) is -0.0755. The Morgan fingerprint density at radius 3 is 2.62 bits per heavy atom. The lowest BCUT2D eigenvalue weighted by atomic mass is 9.94. The second-order valence-electron chi connectivity index (χ2n) is 8.52. The van der Waals surface area contributed by atoms with Crippen molar-refractivity contribution in [2.75, 3.05) is 11.7 Å². The van der Waals surface area contributed by atoms with Gasteiger partial charge in [0.25, 0.3) is 5.91 Å². The van der Waals surface area contributed by atoms with Gasteiger partial charge in [0.1, 0.15) is 36.6 Å². The van der Waals surface area contributed by atoms with E-state index in [9.17, 15) is 14.0 Å². The second kappa shape index (κ2) is 7.51. The number of amides is 1. The van der Waals surface area contributed by atoms with Crippen LogP contribution in [0.25, 0.3) is 0 Å². The summed E-state index contributed by atoms with van der Waals surface area (Å²) in [5, 5.41) is 2.05. The Morgan fingerprint density at radius 1 is 1.06 bits per heavy atom. The van der Waals surface area contributed by atoms with Crippen molar-refractivity contribution in [2.24, 2.45) is 0 Å². The molecule has 0 aliphatic carbocycles. The van der Waals surface area contributed by atoms with Crippen LogP contribution in [-0.2, 0) is 6.61 Å². The average Bonchev–Trinajstić information content (AvgIpc) is 2.93. The number of pyridine rings is 1. The van der Waals surface area contributed by atoms with Gasteiger partial charge in [-0.1, -0.05) is 24.3 Å². The Kier molecular flexibility index (Phi) is 4.77. The molecule has 0 saturated heterocycles. The van der Waals surface area contributed by atoms with Gasteiger partial charge < -0.3 is 9.64 Å². The van der Waals surface area contributed by atoms with Crippen LogP contribution < -0.4 is 15.2 Å². The van der Waals surface area contributed by atoms with Crippen LogP contribution in [-0.4, -0.2) is 28.2 Å². The van der Waals surface area contributed by atoms with Gasteiger partial charge in [0, 0.05) is 35.5 Å². The first-order valence-electron chi connectivity index (χ1n) is 10.7. The van der Waals surface area contributed by atoms with Gasteiger partial charge in [0.15, 0.2) is 5.43 Å². The fourth-order valence-corrected chi connectivity index (χ4v) is 4.56. The predicted molar refractivity (Wildman–Crippen MR) is 119 cm³/mol. The normalized spacial score (nSPS) is 17.4. The van der Waals surface area contributed by atoms with Crippen molar-refractivity contribution < 1.29 is 13.9 Å². The number of carbonyl (C=O) groups excluding carboxylic acids is 1. The minimum Gasteiger partial charge on any atom is -0.488 e. The summed E-state index contributed by atoms with van der Waals surface area (Å²) in [6.07, 6.45) is 1.65. The summed E-state index contributed by atoms with van der Waals surface area (Å²) < 4.78 is 21.9. The van der Waals surface area contributed by atoms with Crippen LogP contribution >= 0.6 is 0 Å². The summed E-state index contributed by atoms with van der Waals surface area (Å²) in [7, 11) is 0. The maximum absolute atomic E-state index is 14.1. The molecule has 3 aromatic rings. The lowest BCUT2D eigenvalue weighted by Gasteiger charge is -2.45. The zero-order chi connectivity index (χ0) is 22.6. The topological polar surface area (TPSA) is 54.8 Å². The molecule has 1 atom stereocenters. The highest BCUT2D eigenvalue weighted by Gasteiger charge is 2.38. The first-order valence-corrected chi connectivity index (χ1v) is 10.7. The zero-order valence-electron chi connectivity index (χ0n) is 18.2. The molecular formula is C25H24FN3O3. The number of aromatic nitrogens is 1. The number of fused-ring (bicyclic) bond motifs is 3. The fraction of sp³-hybridized carbons (Fsp3) is 0.280. The van der Waals surface area contributed by atoms with Crippen LogP contribution in [0.1, 0.15) is 52.6 Å². The first kappa shape index (κ1) is 20.3. The van der Waals surface area contributed by atoms with E-state index in [2.05, 4.69) is 0 Å². The quantitative estimate of drug-likeness (QED) is 0.618. The van der Waals surface area contributed by atoms with Gasteiger partial charge in [-0.3, -0.25) is 19.3 Å². The molecule has 2 aromatic carbocycles. The van der Waals surface area contributed by atoms with E-state index in [-0.39, 0.29) is 29.2 Å². The molecule has 0 fully saturated rings. The molecule has 2 aliphatic rings. The average molecular weight is 433 g/mol. The monoisotopic (exact) mass is 433 g/mol. The Morgan fingerprint density at radius 2 is 1.84 bits per heavy atom. The molecule has 7 heteroatoms. The lowest BCUT2D eigenvalue weighted by Crippen LogP contribution is -2.57. The summed E-state index contributed by atoms with van der Waals surface area (Å²) in [6, 6.07) is 13.6. The van der Waals surface area contributed by atoms with Crippen LogP contribution in [0.3, 0.4) is 0 Å². The van der Waals surface area contributed by atoms with Gasteiger partial charge in [0.05, 0.1) is 0 Å². The number of halogens is 1. The maximum atomic E-state index is 14.1. The number of benzene rings is 2. The van der Waals surface area contributed by atoms with Crippen LogP contribution in [0.5, 0.6) is 5.75 Å². The van der Waals surface area contributed by atoms with E-state index in [1.165, 1.54) is 18.2 Å². The number of ether oxygens (including phenoxy) is 1. The summed E-state index contributed by atoms with van der Waals surface area (Å²) in [4.78, 5) is 27.5. The summed E-state index contributed by atoms with van der Waals surface area (Å²) >= 11 is 0. The van der Waals surface area contributed by atoms with Gasteiger partial charge >= 0.3 is 0 Å². The van der Waals surface area contributed by atoms with Crippen LogP contribution in [0.2, 0.25) is 0 Å². The van der Waals surface area contributed by atoms with Crippen LogP contribution in [0, 0.1) is 12.7 Å². The van der Waals surface area contributed by atoms with Crippen molar-refractivity contribution in [3.05, 3.63) is 98.7 Å². The molecule has 1 unspecified atom stereocenters. The Hall–Kier alpha value is -3.61. The Labute approximate surface area is 185 Å². The van der Waals surface area contributed by atoms with Gasteiger partial charge in [-0.25, -0.2) is 4.39 Å². The van der Waals surface area contributed by atoms with E-state index >= 15 is 0 Å². The molecule has 164 valence electrons. The SMILES string of the molecule is Cc1c2n(ccc1=O)N(C1c3ccccc3COc3cc(F)ccc31)CN(C(C)C)C2=O. The molecular weight excluding hydrogens is 409 g/mol. The molecule has 5 rings (SSSR count). The van der Waals surface area contributed by atoms with Crippen molar-refractivity contribution >= 4 is 5.91 Å². The summed E-state index contributed by atoms with van der Waals surface area (Å²) in [6.45, 7) is 6.22. The largest absolute Gasteiger partial charge is 0.488 e. The third kappa shape index (κ3) is 3.07. The molecule has 0 spiro atoms. The number of rotatable bonds is 2. The number of hydrogen-bond donors (Lipinski definition) is 0. The second-order valence-corrected chi connectivity index (χ2v) is 8.52. The molecule has 3 heterocycles. The van der Waals surface area contributed by atoms with Crippen LogP contribution in [0.4, 0.5) is 4.39 Å². The van der Waals surface area contributed by atoms with Crippen molar-refractivity contribution in [3.8, 4) is 5.75 Å². The number of carbonyl (C=O) groups is 1. The van der Waals surface area contributed by atoms with Crippen LogP contribution in [0.15, 0.2) is 59.5 Å². The molecule has 0 saturated carbocycles. The number of nitrogens with zero attached hydrogens (tertiary/aromatic N) is 3. The molecule has 0 radical (unpaired) electrons. The van der Waals surface area contributed by atoms with E-state index < -0.39 is 0 Å².